The van der Waals surface area contributed by atoms with Crippen LogP contribution in [0.15, 0.2) is 42.5 Å². The summed E-state index contributed by atoms with van der Waals surface area (Å²) in [5, 5.41) is 11.3. The highest BCUT2D eigenvalue weighted by molar-refractivity contribution is 6.24. The molecule has 0 N–H and O–H groups in total. The zero-order chi connectivity index (χ0) is 22.9. The number of nitrogens with zero attached hydrogens (tertiary/aromatic N) is 2. The Hall–Kier alpha value is -3.95. The number of amides is 2. The number of Topliss-reactive ketones (excluding diaryl/α,β-unsaturated/α-hetero) is 1. The molecule has 0 aliphatic carbocycles. The zero-order valence-electron chi connectivity index (χ0n) is 16.5. The summed E-state index contributed by atoms with van der Waals surface area (Å²) in [6.45, 7) is 2.44. The summed E-state index contributed by atoms with van der Waals surface area (Å²) in [5.41, 5.74) is -0.995. The smallest absolute Gasteiger partial charge is 0.330 e. The van der Waals surface area contributed by atoms with Gasteiger partial charge in [-0.25, -0.2) is 9.18 Å². The lowest BCUT2D eigenvalue weighted by Gasteiger charge is -2.27. The van der Waals surface area contributed by atoms with Gasteiger partial charge in [0.1, 0.15) is 17.4 Å². The molecular formula is C21H17FN2O7. The van der Waals surface area contributed by atoms with Crippen LogP contribution < -0.4 is 0 Å². The van der Waals surface area contributed by atoms with Crippen molar-refractivity contribution in [1.29, 1.82) is 0 Å². The van der Waals surface area contributed by atoms with Crippen molar-refractivity contribution in [3.05, 3.63) is 75.1 Å². The summed E-state index contributed by atoms with van der Waals surface area (Å²) in [6, 6.07) is 6.86. The molecule has 1 aliphatic heterocycles. The Labute approximate surface area is 175 Å². The third-order valence-corrected chi connectivity index (χ3v) is 4.78. The lowest BCUT2D eigenvalue weighted by molar-refractivity contribution is -0.385. The average molecular weight is 428 g/mol. The van der Waals surface area contributed by atoms with E-state index in [0.29, 0.717) is 4.90 Å². The monoisotopic (exact) mass is 428 g/mol. The first-order valence-electron chi connectivity index (χ1n) is 9.24. The van der Waals surface area contributed by atoms with E-state index >= 15 is 0 Å². The van der Waals surface area contributed by atoms with Crippen molar-refractivity contribution in [1.82, 2.24) is 4.90 Å². The first-order valence-corrected chi connectivity index (χ1v) is 9.24. The van der Waals surface area contributed by atoms with Crippen molar-refractivity contribution in [2.75, 3.05) is 6.61 Å². The highest BCUT2D eigenvalue weighted by atomic mass is 19.1. The molecule has 0 saturated carbocycles. The molecular weight excluding hydrogens is 411 g/mol. The molecule has 2 aromatic carbocycles. The minimum absolute atomic E-state index is 0.117. The Morgan fingerprint density at radius 3 is 2.32 bits per heavy atom. The van der Waals surface area contributed by atoms with Crippen molar-refractivity contribution < 1.29 is 33.2 Å². The van der Waals surface area contributed by atoms with Crippen LogP contribution in [0.4, 0.5) is 10.1 Å². The molecule has 0 spiro atoms. The maximum atomic E-state index is 13.0. The second kappa shape index (κ2) is 8.42. The number of rotatable bonds is 7. The van der Waals surface area contributed by atoms with Gasteiger partial charge in [-0.15, -0.1) is 0 Å². The predicted octanol–water partition coefficient (Wildman–Crippen LogP) is 2.78. The number of ketones is 1. The number of nitro benzene ring substituents is 1. The summed E-state index contributed by atoms with van der Waals surface area (Å²) in [5.74, 6) is -4.59. The van der Waals surface area contributed by atoms with Crippen molar-refractivity contribution in [3.8, 4) is 0 Å². The van der Waals surface area contributed by atoms with Gasteiger partial charge in [-0.1, -0.05) is 19.9 Å². The summed E-state index contributed by atoms with van der Waals surface area (Å²) in [6.07, 6.45) is 0. The molecule has 0 aromatic heterocycles. The highest BCUT2D eigenvalue weighted by Gasteiger charge is 2.47. The van der Waals surface area contributed by atoms with Gasteiger partial charge in [0, 0.05) is 11.6 Å². The van der Waals surface area contributed by atoms with E-state index in [1.807, 2.05) is 0 Å². The molecule has 1 atom stereocenters. The van der Waals surface area contributed by atoms with Crippen LogP contribution in [0, 0.1) is 21.8 Å². The Bertz CT molecular complexity index is 1100. The van der Waals surface area contributed by atoms with Crippen LogP contribution in [0.3, 0.4) is 0 Å². The van der Waals surface area contributed by atoms with Gasteiger partial charge in [0.15, 0.2) is 12.4 Å². The fraction of sp³-hybridized carbons (Fsp3) is 0.238. The van der Waals surface area contributed by atoms with Gasteiger partial charge in [-0.2, -0.15) is 0 Å². The Kier molecular flexibility index (Phi) is 5.91. The van der Waals surface area contributed by atoms with Crippen LogP contribution in [-0.4, -0.2) is 46.0 Å². The number of hydrogen-bond acceptors (Lipinski definition) is 7. The van der Waals surface area contributed by atoms with E-state index in [1.165, 1.54) is 24.3 Å². The number of benzene rings is 2. The van der Waals surface area contributed by atoms with E-state index in [1.54, 1.807) is 13.8 Å². The van der Waals surface area contributed by atoms with Crippen molar-refractivity contribution in [3.63, 3.8) is 0 Å². The predicted molar refractivity (Wildman–Crippen MR) is 104 cm³/mol. The molecule has 1 aliphatic rings. The van der Waals surface area contributed by atoms with E-state index in [4.69, 9.17) is 4.74 Å². The van der Waals surface area contributed by atoms with Crippen molar-refractivity contribution in [2.45, 2.75) is 19.9 Å². The number of ether oxygens (including phenoxy) is 1. The molecule has 0 bridgehead atoms. The normalized spacial score (nSPS) is 13.9. The minimum atomic E-state index is -1.40. The quantitative estimate of drug-likeness (QED) is 0.218. The molecule has 31 heavy (non-hydrogen) atoms. The maximum Gasteiger partial charge on any atom is 0.330 e. The van der Waals surface area contributed by atoms with Gasteiger partial charge in [0.05, 0.1) is 10.5 Å². The first kappa shape index (κ1) is 21.8. The standard InChI is InChI=1S/C21H17FN2O7/c1-11(2)18(21(28)31-10-16(25)12-6-8-13(22)9-7-12)23-19(26)14-4-3-5-15(24(29)30)17(14)20(23)27/h3-9,11,18H,10H2,1-2H3/t18-/m1/s1. The van der Waals surface area contributed by atoms with Crippen LogP contribution in [0.1, 0.15) is 44.9 Å². The molecule has 1 heterocycles. The van der Waals surface area contributed by atoms with Crippen LogP contribution in [0.2, 0.25) is 0 Å². The van der Waals surface area contributed by atoms with Gasteiger partial charge < -0.3 is 4.74 Å². The number of carbonyl (C=O) groups excluding carboxylic acids is 4. The van der Waals surface area contributed by atoms with Crippen molar-refractivity contribution >= 4 is 29.3 Å². The number of hydrogen-bond donors (Lipinski definition) is 0. The maximum absolute atomic E-state index is 13.0. The number of esters is 1. The van der Waals surface area contributed by atoms with Crippen LogP contribution >= 0.6 is 0 Å². The Balaban J connectivity index is 1.82. The lowest BCUT2D eigenvalue weighted by atomic mass is 10.0. The molecule has 2 amide bonds. The molecule has 0 saturated heterocycles. The summed E-state index contributed by atoms with van der Waals surface area (Å²) in [7, 11) is 0. The molecule has 0 fully saturated rings. The molecule has 3 rings (SSSR count). The third-order valence-electron chi connectivity index (χ3n) is 4.78. The fourth-order valence-corrected chi connectivity index (χ4v) is 3.31. The lowest BCUT2D eigenvalue weighted by Crippen LogP contribution is -2.49. The Morgan fingerprint density at radius 1 is 1.10 bits per heavy atom. The first-order chi connectivity index (χ1) is 14.6. The number of fused-ring (bicyclic) bond motifs is 1. The van der Waals surface area contributed by atoms with Gasteiger partial charge in [0.25, 0.3) is 17.5 Å². The number of carbonyl (C=O) groups is 4. The van der Waals surface area contributed by atoms with E-state index in [0.717, 1.165) is 18.2 Å². The number of imide groups is 1. The van der Waals surface area contributed by atoms with Crippen LogP contribution in [0.25, 0.3) is 0 Å². The van der Waals surface area contributed by atoms with Gasteiger partial charge in [0.2, 0.25) is 0 Å². The van der Waals surface area contributed by atoms with Crippen LogP contribution in [0.5, 0.6) is 0 Å². The molecule has 10 heteroatoms. The molecule has 0 unspecified atom stereocenters. The molecule has 9 nitrogen and oxygen atoms in total. The van der Waals surface area contributed by atoms with Crippen molar-refractivity contribution in [2.24, 2.45) is 5.92 Å². The number of halogens is 1. The second-order valence-electron chi connectivity index (χ2n) is 7.16. The fourth-order valence-electron chi connectivity index (χ4n) is 3.31. The van der Waals surface area contributed by atoms with E-state index in [9.17, 15) is 33.7 Å². The third kappa shape index (κ3) is 4.04. The zero-order valence-corrected chi connectivity index (χ0v) is 16.5. The molecule has 160 valence electrons. The van der Waals surface area contributed by atoms with E-state index < -0.39 is 64.1 Å². The Morgan fingerprint density at radius 2 is 1.74 bits per heavy atom. The summed E-state index contributed by atoms with van der Waals surface area (Å²) >= 11 is 0. The van der Waals surface area contributed by atoms with E-state index in [2.05, 4.69) is 0 Å². The average Bonchev–Trinajstić information content (AvgIpc) is 2.97. The molecule has 0 radical (unpaired) electrons. The molecule has 2 aromatic rings. The van der Waals surface area contributed by atoms with Gasteiger partial charge in [-0.05, 0) is 36.2 Å². The van der Waals surface area contributed by atoms with Gasteiger partial charge >= 0.3 is 5.97 Å². The van der Waals surface area contributed by atoms with Gasteiger partial charge in [-0.3, -0.25) is 29.4 Å². The second-order valence-corrected chi connectivity index (χ2v) is 7.16. The van der Waals surface area contributed by atoms with Crippen LogP contribution in [-0.2, 0) is 9.53 Å². The largest absolute Gasteiger partial charge is 0.456 e. The highest BCUT2D eigenvalue weighted by Crippen LogP contribution is 2.33. The van der Waals surface area contributed by atoms with E-state index in [-0.39, 0.29) is 11.1 Å². The summed E-state index contributed by atoms with van der Waals surface area (Å²) < 4.78 is 18.0. The summed E-state index contributed by atoms with van der Waals surface area (Å²) in [4.78, 5) is 61.7. The minimum Gasteiger partial charge on any atom is -0.456 e. The SMILES string of the molecule is CC(C)[C@H](C(=O)OCC(=O)c1ccc(F)cc1)N1C(=O)c2cccc([N+](=O)[O-])c2C1=O. The topological polar surface area (TPSA) is 124 Å². The number of nitro groups is 1.